The molecular weight excluding hydrogens is 174 g/mol. The van der Waals surface area contributed by atoms with Crippen LogP contribution in [0, 0.1) is 5.92 Å². The molecule has 0 aromatic carbocycles. The molecule has 2 unspecified atom stereocenters. The Kier molecular flexibility index (Phi) is 5.88. The molecule has 1 N–H and O–H groups in total. The first-order valence-electron chi connectivity index (χ1n) is 5.75. The maximum absolute atomic E-state index is 5.43. The summed E-state index contributed by atoms with van der Waals surface area (Å²) in [5.74, 6) is 0.911. The van der Waals surface area contributed by atoms with Gasteiger partial charge in [-0.1, -0.05) is 13.0 Å². The van der Waals surface area contributed by atoms with Crippen molar-refractivity contribution in [2.24, 2.45) is 5.92 Å². The summed E-state index contributed by atoms with van der Waals surface area (Å²) in [4.78, 5) is 0. The van der Waals surface area contributed by atoms with Crippen LogP contribution < -0.4 is 5.32 Å². The minimum absolute atomic E-state index is 0.744. The second-order valence-electron chi connectivity index (χ2n) is 4.26. The quantitative estimate of drug-likeness (QED) is 0.500. The zero-order chi connectivity index (χ0) is 10.2. The molecule has 0 radical (unpaired) electrons. The Morgan fingerprint density at radius 3 is 2.93 bits per heavy atom. The van der Waals surface area contributed by atoms with Crippen molar-refractivity contribution >= 4 is 0 Å². The van der Waals surface area contributed by atoms with Crippen LogP contribution in [0.4, 0.5) is 0 Å². The third-order valence-corrected chi connectivity index (χ3v) is 2.84. The Morgan fingerprint density at radius 2 is 2.29 bits per heavy atom. The van der Waals surface area contributed by atoms with Gasteiger partial charge < -0.3 is 10.1 Å². The first-order valence-corrected chi connectivity index (χ1v) is 5.75. The molecule has 14 heavy (non-hydrogen) atoms. The molecule has 1 aliphatic rings. The highest BCUT2D eigenvalue weighted by Crippen LogP contribution is 2.24. The average Bonchev–Trinajstić information content (AvgIpc) is 2.58. The Bertz CT molecular complexity index is 158. The van der Waals surface area contributed by atoms with E-state index in [1.165, 1.54) is 19.3 Å². The molecule has 0 aromatic heterocycles. The molecule has 0 aromatic rings. The van der Waals surface area contributed by atoms with Crippen molar-refractivity contribution in [1.29, 1.82) is 0 Å². The third kappa shape index (κ3) is 4.77. The second kappa shape index (κ2) is 7.02. The lowest BCUT2D eigenvalue weighted by molar-refractivity contribution is 0.138. The van der Waals surface area contributed by atoms with Crippen molar-refractivity contribution in [3.8, 4) is 0 Å². The van der Waals surface area contributed by atoms with Gasteiger partial charge in [-0.25, -0.2) is 0 Å². The average molecular weight is 197 g/mol. The molecule has 1 saturated carbocycles. The first-order chi connectivity index (χ1) is 6.83. The summed E-state index contributed by atoms with van der Waals surface area (Å²) in [6, 6.07) is 0.744. The van der Waals surface area contributed by atoms with Gasteiger partial charge >= 0.3 is 0 Å². The fourth-order valence-electron chi connectivity index (χ4n) is 2.00. The van der Waals surface area contributed by atoms with E-state index in [1.807, 2.05) is 6.08 Å². The van der Waals surface area contributed by atoms with Crippen LogP contribution in [-0.4, -0.2) is 25.8 Å². The van der Waals surface area contributed by atoms with E-state index in [2.05, 4.69) is 18.8 Å². The molecule has 2 heteroatoms. The minimum Gasteiger partial charge on any atom is -0.380 e. The number of ether oxygens (including phenoxy) is 1. The molecule has 2 atom stereocenters. The van der Waals surface area contributed by atoms with E-state index < -0.39 is 0 Å². The highest BCUT2D eigenvalue weighted by Gasteiger charge is 2.19. The van der Waals surface area contributed by atoms with Gasteiger partial charge in [0.2, 0.25) is 0 Å². The fourth-order valence-corrected chi connectivity index (χ4v) is 2.00. The van der Waals surface area contributed by atoms with Gasteiger partial charge in [0, 0.05) is 12.6 Å². The van der Waals surface area contributed by atoms with Crippen molar-refractivity contribution in [2.75, 3.05) is 19.8 Å². The summed E-state index contributed by atoms with van der Waals surface area (Å²) in [7, 11) is 0. The molecule has 0 amide bonds. The van der Waals surface area contributed by atoms with Gasteiger partial charge in [-0.05, 0) is 31.6 Å². The topological polar surface area (TPSA) is 21.3 Å². The lowest BCUT2D eigenvalue weighted by Gasteiger charge is -2.11. The summed E-state index contributed by atoms with van der Waals surface area (Å²) < 4.78 is 5.43. The first kappa shape index (κ1) is 11.7. The minimum atomic E-state index is 0.744. The van der Waals surface area contributed by atoms with E-state index in [-0.39, 0.29) is 0 Å². The summed E-state index contributed by atoms with van der Waals surface area (Å²) in [6.45, 7) is 8.63. The Morgan fingerprint density at radius 1 is 1.43 bits per heavy atom. The van der Waals surface area contributed by atoms with Crippen LogP contribution in [-0.2, 0) is 4.74 Å². The molecule has 1 rings (SSSR count). The second-order valence-corrected chi connectivity index (χ2v) is 4.26. The van der Waals surface area contributed by atoms with Gasteiger partial charge in [-0.2, -0.15) is 0 Å². The van der Waals surface area contributed by atoms with Crippen molar-refractivity contribution < 1.29 is 4.74 Å². The number of hydrogen-bond donors (Lipinski definition) is 1. The van der Waals surface area contributed by atoms with E-state index in [9.17, 15) is 0 Å². The molecule has 0 aliphatic heterocycles. The SMILES string of the molecule is C=CCCOCCNC1CCC(C)C1. The van der Waals surface area contributed by atoms with E-state index in [4.69, 9.17) is 4.74 Å². The van der Waals surface area contributed by atoms with Crippen LogP contribution in [0.1, 0.15) is 32.6 Å². The van der Waals surface area contributed by atoms with Crippen LogP contribution in [0.5, 0.6) is 0 Å². The van der Waals surface area contributed by atoms with Gasteiger partial charge in [-0.3, -0.25) is 0 Å². The zero-order valence-electron chi connectivity index (χ0n) is 9.30. The highest BCUT2D eigenvalue weighted by atomic mass is 16.5. The van der Waals surface area contributed by atoms with Crippen LogP contribution in [0.3, 0.4) is 0 Å². The number of hydrogen-bond acceptors (Lipinski definition) is 2. The van der Waals surface area contributed by atoms with Crippen molar-refractivity contribution in [2.45, 2.75) is 38.6 Å². The zero-order valence-corrected chi connectivity index (χ0v) is 9.30. The Hall–Kier alpha value is -0.340. The standard InChI is InChI=1S/C12H23NO/c1-3-4-8-14-9-7-13-12-6-5-11(2)10-12/h3,11-13H,1,4-10H2,2H3. The van der Waals surface area contributed by atoms with Gasteiger partial charge in [0.25, 0.3) is 0 Å². The smallest absolute Gasteiger partial charge is 0.0591 e. The molecule has 82 valence electrons. The summed E-state index contributed by atoms with van der Waals surface area (Å²) in [5, 5.41) is 3.54. The Labute approximate surface area is 87.7 Å². The summed E-state index contributed by atoms with van der Waals surface area (Å²) in [6.07, 6.45) is 6.92. The van der Waals surface area contributed by atoms with E-state index in [0.29, 0.717) is 0 Å². The van der Waals surface area contributed by atoms with E-state index in [1.54, 1.807) is 0 Å². The van der Waals surface area contributed by atoms with Crippen molar-refractivity contribution in [3.63, 3.8) is 0 Å². The predicted molar refractivity (Wildman–Crippen MR) is 60.4 cm³/mol. The molecule has 1 aliphatic carbocycles. The maximum Gasteiger partial charge on any atom is 0.0591 e. The van der Waals surface area contributed by atoms with Gasteiger partial charge in [0.1, 0.15) is 0 Å². The van der Waals surface area contributed by atoms with Gasteiger partial charge in [0.05, 0.1) is 13.2 Å². The van der Waals surface area contributed by atoms with Crippen molar-refractivity contribution in [3.05, 3.63) is 12.7 Å². The molecule has 2 nitrogen and oxygen atoms in total. The molecule has 0 spiro atoms. The normalized spacial score (nSPS) is 26.6. The van der Waals surface area contributed by atoms with Gasteiger partial charge in [-0.15, -0.1) is 6.58 Å². The molecule has 0 bridgehead atoms. The maximum atomic E-state index is 5.43. The van der Waals surface area contributed by atoms with Crippen LogP contribution >= 0.6 is 0 Å². The predicted octanol–water partition coefficient (Wildman–Crippen LogP) is 2.36. The van der Waals surface area contributed by atoms with Crippen LogP contribution in [0.2, 0.25) is 0 Å². The monoisotopic (exact) mass is 197 g/mol. The highest BCUT2D eigenvalue weighted by molar-refractivity contribution is 4.77. The lowest BCUT2D eigenvalue weighted by atomic mass is 10.1. The number of rotatable bonds is 7. The third-order valence-electron chi connectivity index (χ3n) is 2.84. The van der Waals surface area contributed by atoms with Crippen molar-refractivity contribution in [1.82, 2.24) is 5.32 Å². The molecule has 0 heterocycles. The largest absolute Gasteiger partial charge is 0.380 e. The number of nitrogens with one attached hydrogen (secondary N) is 1. The molecular formula is C12H23NO. The molecule has 0 saturated heterocycles. The van der Waals surface area contributed by atoms with Crippen LogP contribution in [0.15, 0.2) is 12.7 Å². The molecule has 1 fully saturated rings. The van der Waals surface area contributed by atoms with Crippen LogP contribution in [0.25, 0.3) is 0 Å². The lowest BCUT2D eigenvalue weighted by Crippen LogP contribution is -2.29. The van der Waals surface area contributed by atoms with E-state index in [0.717, 1.165) is 38.1 Å². The Balaban J connectivity index is 1.86. The summed E-state index contributed by atoms with van der Waals surface area (Å²) >= 11 is 0. The summed E-state index contributed by atoms with van der Waals surface area (Å²) in [5.41, 5.74) is 0. The fraction of sp³-hybridized carbons (Fsp3) is 0.833. The van der Waals surface area contributed by atoms with Gasteiger partial charge in [0.15, 0.2) is 0 Å². The van der Waals surface area contributed by atoms with E-state index >= 15 is 0 Å².